The minimum Gasteiger partial charge on any atom is -0.357 e. The third-order valence-electron chi connectivity index (χ3n) is 3.84. The highest BCUT2D eigenvalue weighted by Gasteiger charge is 2.32. The molecule has 6 heteroatoms. The summed E-state index contributed by atoms with van der Waals surface area (Å²) < 4.78 is 38.4. The SMILES string of the molecule is CN(c1cc(C(F)(F)F)cc(Cl)n1)C1CCCCCC1. The topological polar surface area (TPSA) is 16.1 Å². The molecule has 0 unspecified atom stereocenters. The predicted molar refractivity (Wildman–Crippen MR) is 74.1 cm³/mol. The molecule has 20 heavy (non-hydrogen) atoms. The fraction of sp³-hybridized carbons (Fsp3) is 0.643. The van der Waals surface area contributed by atoms with E-state index in [9.17, 15) is 13.2 Å². The molecule has 0 bridgehead atoms. The van der Waals surface area contributed by atoms with E-state index in [-0.39, 0.29) is 11.2 Å². The maximum atomic E-state index is 12.8. The lowest BCUT2D eigenvalue weighted by Gasteiger charge is -2.28. The van der Waals surface area contributed by atoms with Crippen LogP contribution in [0.5, 0.6) is 0 Å². The minimum atomic E-state index is -4.40. The Bertz CT molecular complexity index is 454. The predicted octanol–water partition coefficient (Wildman–Crippen LogP) is 4.91. The Morgan fingerprint density at radius 3 is 2.30 bits per heavy atom. The molecule has 1 aromatic rings. The van der Waals surface area contributed by atoms with Crippen molar-refractivity contribution in [3.63, 3.8) is 0 Å². The van der Waals surface area contributed by atoms with Gasteiger partial charge in [0, 0.05) is 13.1 Å². The fourth-order valence-corrected chi connectivity index (χ4v) is 2.86. The molecule has 112 valence electrons. The smallest absolute Gasteiger partial charge is 0.357 e. The number of hydrogen-bond acceptors (Lipinski definition) is 2. The van der Waals surface area contributed by atoms with Crippen molar-refractivity contribution in [2.75, 3.05) is 11.9 Å². The van der Waals surface area contributed by atoms with Crippen LogP contribution in [0.2, 0.25) is 5.15 Å². The Balaban J connectivity index is 2.24. The molecule has 1 aliphatic carbocycles. The summed E-state index contributed by atoms with van der Waals surface area (Å²) in [6.07, 6.45) is 2.20. The fourth-order valence-electron chi connectivity index (χ4n) is 2.66. The van der Waals surface area contributed by atoms with Crippen molar-refractivity contribution in [1.29, 1.82) is 0 Å². The Labute approximate surface area is 121 Å². The molecule has 2 nitrogen and oxygen atoms in total. The molecular weight excluding hydrogens is 289 g/mol. The van der Waals surface area contributed by atoms with Gasteiger partial charge in [0.2, 0.25) is 0 Å². The van der Waals surface area contributed by atoms with Crippen LogP contribution in [0.1, 0.15) is 44.1 Å². The maximum absolute atomic E-state index is 12.8. The number of rotatable bonds is 2. The summed E-state index contributed by atoms with van der Waals surface area (Å²) in [7, 11) is 1.80. The van der Waals surface area contributed by atoms with Crippen molar-refractivity contribution in [3.8, 4) is 0 Å². The molecule has 0 aliphatic heterocycles. The van der Waals surface area contributed by atoms with E-state index in [4.69, 9.17) is 11.6 Å². The maximum Gasteiger partial charge on any atom is 0.416 e. The zero-order valence-corrected chi connectivity index (χ0v) is 12.1. The van der Waals surface area contributed by atoms with Gasteiger partial charge in [-0.3, -0.25) is 0 Å². The first-order valence-electron chi connectivity index (χ1n) is 6.85. The summed E-state index contributed by atoms with van der Waals surface area (Å²) in [5, 5.41) is -0.115. The van der Waals surface area contributed by atoms with Gasteiger partial charge in [-0.05, 0) is 25.0 Å². The Morgan fingerprint density at radius 1 is 1.15 bits per heavy atom. The monoisotopic (exact) mass is 306 g/mol. The average Bonchev–Trinajstić information content (AvgIpc) is 2.65. The van der Waals surface area contributed by atoms with Crippen LogP contribution in [-0.2, 0) is 6.18 Å². The zero-order valence-electron chi connectivity index (χ0n) is 11.4. The molecule has 0 N–H and O–H groups in total. The zero-order chi connectivity index (χ0) is 14.8. The van der Waals surface area contributed by atoms with Crippen LogP contribution in [0, 0.1) is 0 Å². The van der Waals surface area contributed by atoms with Gasteiger partial charge in [0.05, 0.1) is 5.56 Å². The summed E-state index contributed by atoms with van der Waals surface area (Å²) in [6.45, 7) is 0. The van der Waals surface area contributed by atoms with Crippen molar-refractivity contribution in [1.82, 2.24) is 4.98 Å². The molecule has 0 aromatic carbocycles. The molecule has 1 fully saturated rings. The molecule has 1 heterocycles. The van der Waals surface area contributed by atoms with E-state index in [1.807, 2.05) is 4.90 Å². The lowest BCUT2D eigenvalue weighted by atomic mass is 10.1. The van der Waals surface area contributed by atoms with Gasteiger partial charge in [-0.15, -0.1) is 0 Å². The van der Waals surface area contributed by atoms with Crippen LogP contribution in [0.15, 0.2) is 12.1 Å². The van der Waals surface area contributed by atoms with Crippen molar-refractivity contribution in [2.45, 2.75) is 50.7 Å². The van der Waals surface area contributed by atoms with Crippen LogP contribution < -0.4 is 4.90 Å². The van der Waals surface area contributed by atoms with E-state index in [0.717, 1.165) is 37.8 Å². The second-order valence-electron chi connectivity index (χ2n) is 5.29. The normalized spacial score (nSPS) is 17.9. The van der Waals surface area contributed by atoms with Gasteiger partial charge in [0.25, 0.3) is 0 Å². The highest BCUT2D eigenvalue weighted by atomic mass is 35.5. The minimum absolute atomic E-state index is 0.115. The first kappa shape index (κ1) is 15.4. The third-order valence-corrected chi connectivity index (χ3v) is 4.04. The van der Waals surface area contributed by atoms with E-state index < -0.39 is 11.7 Å². The number of anilines is 1. The molecule has 1 aliphatic rings. The first-order valence-corrected chi connectivity index (χ1v) is 7.23. The molecular formula is C14H18ClF3N2. The lowest BCUT2D eigenvalue weighted by Crippen LogP contribution is -2.32. The number of alkyl halides is 3. The van der Waals surface area contributed by atoms with Crippen molar-refractivity contribution in [2.24, 2.45) is 0 Å². The number of pyridine rings is 1. The number of nitrogens with zero attached hydrogens (tertiary/aromatic N) is 2. The van der Waals surface area contributed by atoms with Gasteiger partial charge >= 0.3 is 6.18 Å². The van der Waals surface area contributed by atoms with Gasteiger partial charge in [-0.2, -0.15) is 13.2 Å². The number of aromatic nitrogens is 1. The molecule has 0 spiro atoms. The van der Waals surface area contributed by atoms with Gasteiger partial charge in [0.1, 0.15) is 11.0 Å². The van der Waals surface area contributed by atoms with E-state index in [0.29, 0.717) is 5.82 Å². The van der Waals surface area contributed by atoms with Crippen molar-refractivity contribution >= 4 is 17.4 Å². The summed E-state index contributed by atoms with van der Waals surface area (Å²) in [4.78, 5) is 5.88. The van der Waals surface area contributed by atoms with E-state index in [2.05, 4.69) is 4.98 Å². The Kier molecular flexibility index (Phi) is 4.78. The summed E-state index contributed by atoms with van der Waals surface area (Å²) in [5.74, 6) is 0.303. The summed E-state index contributed by atoms with van der Waals surface area (Å²) in [5.41, 5.74) is -0.743. The molecule has 1 saturated carbocycles. The third kappa shape index (κ3) is 3.78. The van der Waals surface area contributed by atoms with Gasteiger partial charge in [0.15, 0.2) is 0 Å². The lowest BCUT2D eigenvalue weighted by molar-refractivity contribution is -0.137. The largest absolute Gasteiger partial charge is 0.416 e. The van der Waals surface area contributed by atoms with Crippen molar-refractivity contribution in [3.05, 3.63) is 22.8 Å². The van der Waals surface area contributed by atoms with E-state index in [1.165, 1.54) is 12.8 Å². The van der Waals surface area contributed by atoms with Crippen LogP contribution in [-0.4, -0.2) is 18.1 Å². The van der Waals surface area contributed by atoms with Gasteiger partial charge in [-0.25, -0.2) is 4.98 Å². The highest BCUT2D eigenvalue weighted by Crippen LogP contribution is 2.33. The number of hydrogen-bond donors (Lipinski definition) is 0. The van der Waals surface area contributed by atoms with Crippen LogP contribution in [0.3, 0.4) is 0 Å². The van der Waals surface area contributed by atoms with Gasteiger partial charge < -0.3 is 4.90 Å². The Hall–Kier alpha value is -0.970. The molecule has 0 saturated heterocycles. The molecule has 1 aromatic heterocycles. The molecule has 0 atom stereocenters. The summed E-state index contributed by atoms with van der Waals surface area (Å²) >= 11 is 5.73. The van der Waals surface area contributed by atoms with Crippen molar-refractivity contribution < 1.29 is 13.2 Å². The van der Waals surface area contributed by atoms with E-state index in [1.54, 1.807) is 7.05 Å². The van der Waals surface area contributed by atoms with E-state index >= 15 is 0 Å². The van der Waals surface area contributed by atoms with Crippen LogP contribution in [0.25, 0.3) is 0 Å². The Morgan fingerprint density at radius 2 is 1.75 bits per heavy atom. The number of halogens is 4. The van der Waals surface area contributed by atoms with Crippen LogP contribution in [0.4, 0.5) is 19.0 Å². The standard InChI is InChI=1S/C14H18ClF3N2/c1-20(11-6-4-2-3-5-7-11)13-9-10(14(16,17)18)8-12(15)19-13/h8-9,11H,2-7H2,1H3. The molecule has 2 rings (SSSR count). The molecule has 0 amide bonds. The first-order chi connectivity index (χ1) is 9.38. The summed E-state index contributed by atoms with van der Waals surface area (Å²) in [6, 6.07) is 2.19. The molecule has 0 radical (unpaired) electrons. The average molecular weight is 307 g/mol. The quantitative estimate of drug-likeness (QED) is 0.570. The second kappa shape index (κ2) is 6.20. The second-order valence-corrected chi connectivity index (χ2v) is 5.68. The van der Waals surface area contributed by atoms with Gasteiger partial charge in [-0.1, -0.05) is 37.3 Å². The highest BCUT2D eigenvalue weighted by molar-refractivity contribution is 6.29. The van der Waals surface area contributed by atoms with Crippen LogP contribution >= 0.6 is 11.6 Å².